The topological polar surface area (TPSA) is 72.0 Å². The third kappa shape index (κ3) is 4.37. The van der Waals surface area contributed by atoms with Crippen molar-refractivity contribution in [2.45, 2.75) is 37.9 Å². The molecule has 3 heterocycles. The molecule has 2 aliphatic rings. The van der Waals surface area contributed by atoms with Crippen LogP contribution in [0.1, 0.15) is 35.4 Å². The van der Waals surface area contributed by atoms with Crippen molar-refractivity contribution < 1.29 is 17.9 Å². The Bertz CT molecular complexity index is 1110. The number of nitrogens with zero attached hydrogens (tertiary/aromatic N) is 3. The second kappa shape index (κ2) is 7.99. The lowest BCUT2D eigenvalue weighted by atomic mass is 9.98. The zero-order valence-corrected chi connectivity index (χ0v) is 17.7. The fourth-order valence-corrected chi connectivity index (χ4v) is 4.56. The largest absolute Gasteiger partial charge is 0.418 e. The summed E-state index contributed by atoms with van der Waals surface area (Å²) in [6.07, 6.45) is -2.59. The molecule has 1 aliphatic heterocycles. The third-order valence-electron chi connectivity index (χ3n) is 5.64. The van der Waals surface area contributed by atoms with E-state index in [9.17, 15) is 13.2 Å². The minimum absolute atomic E-state index is 0.0276. The van der Waals surface area contributed by atoms with E-state index in [-0.39, 0.29) is 17.5 Å². The zero-order valence-electron chi connectivity index (χ0n) is 16.9. The molecule has 31 heavy (non-hydrogen) atoms. The number of pyridine rings is 1. The van der Waals surface area contributed by atoms with E-state index in [4.69, 9.17) is 4.74 Å². The van der Waals surface area contributed by atoms with Gasteiger partial charge in [0.05, 0.1) is 24.3 Å². The molecule has 0 bridgehead atoms. The summed E-state index contributed by atoms with van der Waals surface area (Å²) in [5, 5.41) is 16.5. The Balaban J connectivity index is 1.46. The number of alkyl halides is 3. The summed E-state index contributed by atoms with van der Waals surface area (Å²) < 4.78 is 46.9. The molecule has 2 aromatic heterocycles. The number of benzene rings is 1. The summed E-state index contributed by atoms with van der Waals surface area (Å²) in [4.78, 5) is 4.38. The second-order valence-electron chi connectivity index (χ2n) is 8.08. The van der Waals surface area contributed by atoms with Gasteiger partial charge in [-0.05, 0) is 55.0 Å². The normalized spacial score (nSPS) is 19.7. The number of anilines is 1. The number of fused-ring (bicyclic) bond motifs is 1. The summed E-state index contributed by atoms with van der Waals surface area (Å²) in [5.41, 5.74) is 1.20. The van der Waals surface area contributed by atoms with Gasteiger partial charge in [-0.3, -0.25) is 0 Å². The molecule has 1 saturated carbocycles. The van der Waals surface area contributed by atoms with Gasteiger partial charge in [-0.1, -0.05) is 11.3 Å². The number of hydrogen-bond donors (Lipinski definition) is 2. The predicted octanol–water partition coefficient (Wildman–Crippen LogP) is 4.36. The van der Waals surface area contributed by atoms with Crippen molar-refractivity contribution in [3.05, 3.63) is 34.9 Å². The Hall–Kier alpha value is -2.30. The molecular formula is C21H22F3N5OS. The zero-order chi connectivity index (χ0) is 21.6. The van der Waals surface area contributed by atoms with Gasteiger partial charge < -0.3 is 15.4 Å². The molecule has 0 amide bonds. The van der Waals surface area contributed by atoms with Crippen LogP contribution in [0.2, 0.25) is 0 Å². The van der Waals surface area contributed by atoms with Gasteiger partial charge in [0.25, 0.3) is 0 Å². The van der Waals surface area contributed by atoms with Gasteiger partial charge in [-0.25, -0.2) is 4.98 Å². The lowest BCUT2D eigenvalue weighted by Crippen LogP contribution is -2.45. The second-order valence-corrected chi connectivity index (χ2v) is 9.06. The molecule has 164 valence electrons. The summed E-state index contributed by atoms with van der Waals surface area (Å²) in [7, 11) is 0. The molecule has 2 fully saturated rings. The van der Waals surface area contributed by atoms with Gasteiger partial charge in [0.2, 0.25) is 5.13 Å². The van der Waals surface area contributed by atoms with Crippen LogP contribution in [0.4, 0.5) is 18.3 Å². The Morgan fingerprint density at radius 1 is 1.23 bits per heavy atom. The van der Waals surface area contributed by atoms with Gasteiger partial charge in [0.15, 0.2) is 5.01 Å². The maximum Gasteiger partial charge on any atom is 0.418 e. The minimum Gasteiger partial charge on any atom is -0.378 e. The number of aromatic nitrogens is 3. The smallest absolute Gasteiger partial charge is 0.378 e. The number of halogens is 3. The summed E-state index contributed by atoms with van der Waals surface area (Å²) in [5.74, 6) is 0.227. The van der Waals surface area contributed by atoms with E-state index in [1.54, 1.807) is 6.07 Å². The standard InChI is InChI=1S/C21H22F3N5OS/c1-11-6-17(19-28-29-20(31-19)26-9-14-10-30-5-4-25-14)27-18-15(11)7-13(12-2-3-12)8-16(18)21(22,23)24/h6-8,12,14,25H,2-5,9-10H2,1H3,(H,26,29). The molecule has 2 N–H and O–H groups in total. The van der Waals surface area contributed by atoms with Crippen LogP contribution in [-0.2, 0) is 10.9 Å². The fourth-order valence-electron chi connectivity index (χ4n) is 3.85. The first-order chi connectivity index (χ1) is 14.9. The van der Waals surface area contributed by atoms with E-state index < -0.39 is 11.7 Å². The van der Waals surface area contributed by atoms with Crippen molar-refractivity contribution in [1.82, 2.24) is 20.5 Å². The van der Waals surface area contributed by atoms with Crippen molar-refractivity contribution in [2.75, 3.05) is 31.6 Å². The lowest BCUT2D eigenvalue weighted by molar-refractivity contribution is -0.136. The van der Waals surface area contributed by atoms with E-state index in [2.05, 4.69) is 25.8 Å². The van der Waals surface area contributed by atoms with Crippen molar-refractivity contribution in [2.24, 2.45) is 0 Å². The first-order valence-electron chi connectivity index (χ1n) is 10.3. The summed E-state index contributed by atoms with van der Waals surface area (Å²) in [6.45, 7) is 4.57. The number of hydrogen-bond acceptors (Lipinski definition) is 7. The Kier molecular flexibility index (Phi) is 5.31. The van der Waals surface area contributed by atoms with Crippen molar-refractivity contribution in [3.63, 3.8) is 0 Å². The first kappa shape index (κ1) is 20.6. The number of aryl methyl sites for hydroxylation is 1. The van der Waals surface area contributed by atoms with Gasteiger partial charge >= 0.3 is 6.18 Å². The van der Waals surface area contributed by atoms with Crippen molar-refractivity contribution in [1.29, 1.82) is 0 Å². The molecule has 1 aromatic carbocycles. The minimum atomic E-state index is -4.47. The maximum absolute atomic E-state index is 13.8. The third-order valence-corrected chi connectivity index (χ3v) is 6.54. The highest BCUT2D eigenvalue weighted by Gasteiger charge is 2.36. The lowest BCUT2D eigenvalue weighted by Gasteiger charge is -2.23. The van der Waals surface area contributed by atoms with Gasteiger partial charge in [-0.15, -0.1) is 10.2 Å². The van der Waals surface area contributed by atoms with Crippen LogP contribution in [0.5, 0.6) is 0 Å². The predicted molar refractivity (Wildman–Crippen MR) is 113 cm³/mol. The molecule has 1 aliphatic carbocycles. The van der Waals surface area contributed by atoms with Crippen LogP contribution >= 0.6 is 11.3 Å². The van der Waals surface area contributed by atoms with Crippen LogP contribution in [0.3, 0.4) is 0 Å². The molecule has 1 atom stereocenters. The Labute approximate surface area is 181 Å². The van der Waals surface area contributed by atoms with Gasteiger partial charge in [0.1, 0.15) is 5.69 Å². The van der Waals surface area contributed by atoms with E-state index in [0.717, 1.165) is 30.5 Å². The molecule has 1 saturated heterocycles. The number of ether oxygens (including phenoxy) is 1. The molecule has 0 spiro atoms. The number of nitrogens with one attached hydrogen (secondary N) is 2. The monoisotopic (exact) mass is 449 g/mol. The maximum atomic E-state index is 13.8. The molecular weight excluding hydrogens is 427 g/mol. The van der Waals surface area contributed by atoms with Gasteiger partial charge in [-0.2, -0.15) is 13.2 Å². The van der Waals surface area contributed by atoms with E-state index in [1.165, 1.54) is 17.4 Å². The molecule has 1 unspecified atom stereocenters. The van der Waals surface area contributed by atoms with Crippen LogP contribution in [0.15, 0.2) is 18.2 Å². The van der Waals surface area contributed by atoms with Crippen LogP contribution < -0.4 is 10.6 Å². The molecule has 3 aromatic rings. The van der Waals surface area contributed by atoms with Gasteiger partial charge in [0, 0.05) is 24.5 Å². The first-order valence-corrected chi connectivity index (χ1v) is 11.1. The number of rotatable bonds is 5. The fraction of sp³-hybridized carbons (Fsp3) is 0.476. The highest BCUT2D eigenvalue weighted by Crippen LogP contribution is 2.45. The average molecular weight is 450 g/mol. The van der Waals surface area contributed by atoms with E-state index >= 15 is 0 Å². The summed E-state index contributed by atoms with van der Waals surface area (Å²) in [6, 6.07) is 5.10. The van der Waals surface area contributed by atoms with Crippen molar-refractivity contribution >= 4 is 27.4 Å². The molecule has 6 nitrogen and oxygen atoms in total. The Morgan fingerprint density at radius 3 is 2.77 bits per heavy atom. The van der Waals surface area contributed by atoms with Crippen LogP contribution in [0, 0.1) is 6.92 Å². The average Bonchev–Trinajstić information content (AvgIpc) is 3.49. The highest BCUT2D eigenvalue weighted by molar-refractivity contribution is 7.18. The SMILES string of the molecule is Cc1cc(-c2nnc(NCC3COCCN3)s2)nc2c(C(F)(F)F)cc(C3CC3)cc12. The van der Waals surface area contributed by atoms with Crippen LogP contribution in [0.25, 0.3) is 21.6 Å². The molecule has 0 radical (unpaired) electrons. The number of morpholine rings is 1. The molecule has 10 heteroatoms. The molecule has 5 rings (SSSR count). The Morgan fingerprint density at radius 2 is 2.06 bits per heavy atom. The van der Waals surface area contributed by atoms with Crippen molar-refractivity contribution in [3.8, 4) is 10.7 Å². The van der Waals surface area contributed by atoms with E-state index in [0.29, 0.717) is 41.0 Å². The quantitative estimate of drug-likeness (QED) is 0.603. The highest BCUT2D eigenvalue weighted by atomic mass is 32.1. The van der Waals surface area contributed by atoms with Crippen LogP contribution in [-0.4, -0.2) is 47.5 Å². The summed E-state index contributed by atoms with van der Waals surface area (Å²) >= 11 is 1.28. The van der Waals surface area contributed by atoms with E-state index in [1.807, 2.05) is 13.0 Å².